The number of imidazole rings is 1. The number of aromatic nitrogens is 3. The third-order valence-corrected chi connectivity index (χ3v) is 10.6. The van der Waals surface area contributed by atoms with Gasteiger partial charge in [0.05, 0.1) is 41.0 Å². The Bertz CT molecular complexity index is 1940. The van der Waals surface area contributed by atoms with Gasteiger partial charge >= 0.3 is 0 Å². The predicted molar refractivity (Wildman–Crippen MR) is 189 cm³/mol. The maximum atomic E-state index is 17.2. The Morgan fingerprint density at radius 1 is 1.10 bits per heavy atom. The minimum absolute atomic E-state index is 0.0142. The minimum Gasteiger partial charge on any atom is -0.407 e. The third-order valence-electron chi connectivity index (χ3n) is 10.4. The van der Waals surface area contributed by atoms with Crippen LogP contribution in [0.3, 0.4) is 0 Å². The first-order valence-corrected chi connectivity index (χ1v) is 16.3. The van der Waals surface area contributed by atoms with Gasteiger partial charge in [-0.3, -0.25) is 14.7 Å². The summed E-state index contributed by atoms with van der Waals surface area (Å²) >= 11 is 6.34. The van der Waals surface area contributed by atoms with Crippen molar-refractivity contribution in [3.05, 3.63) is 117 Å². The van der Waals surface area contributed by atoms with Crippen molar-refractivity contribution >= 4 is 48.9 Å². The van der Waals surface area contributed by atoms with Gasteiger partial charge in [-0.2, -0.15) is 5.26 Å². The lowest BCUT2D eigenvalue weighted by molar-refractivity contribution is -0.169. The molecule has 1 fully saturated rings. The van der Waals surface area contributed by atoms with Gasteiger partial charge in [0.15, 0.2) is 5.72 Å². The highest BCUT2D eigenvalue weighted by molar-refractivity contribution is 6.45. The molecule has 2 atom stereocenters. The van der Waals surface area contributed by atoms with Crippen molar-refractivity contribution in [1.82, 2.24) is 19.4 Å². The number of halogens is 2. The van der Waals surface area contributed by atoms with Crippen LogP contribution in [-0.4, -0.2) is 77.7 Å². The number of nitriles is 1. The van der Waals surface area contributed by atoms with E-state index in [2.05, 4.69) is 16.0 Å². The van der Waals surface area contributed by atoms with E-state index in [-0.39, 0.29) is 29.7 Å². The van der Waals surface area contributed by atoms with Gasteiger partial charge in [0.2, 0.25) is 0 Å². The van der Waals surface area contributed by atoms with Crippen LogP contribution >= 0.6 is 11.6 Å². The molecule has 48 heavy (non-hydrogen) atoms. The maximum absolute atomic E-state index is 17.2. The van der Waals surface area contributed by atoms with Gasteiger partial charge in [0, 0.05) is 40.8 Å². The summed E-state index contributed by atoms with van der Waals surface area (Å²) in [6, 6.07) is 14.8. The van der Waals surface area contributed by atoms with E-state index in [1.165, 1.54) is 23.2 Å². The van der Waals surface area contributed by atoms with Crippen molar-refractivity contribution in [3.63, 3.8) is 0 Å². The number of carbonyl (C=O) groups is 1. The molecule has 9 nitrogen and oxygen atoms in total. The van der Waals surface area contributed by atoms with Gasteiger partial charge in [-0.05, 0) is 66.6 Å². The highest BCUT2D eigenvalue weighted by atomic mass is 35.5. The summed E-state index contributed by atoms with van der Waals surface area (Å²) < 4.78 is 26.1. The van der Waals surface area contributed by atoms with E-state index in [1.54, 1.807) is 83.2 Å². The van der Waals surface area contributed by atoms with Crippen LogP contribution < -0.4 is 0 Å². The number of aliphatic hydroxyl groups is 2. The number of hydrogen-bond acceptors (Lipinski definition) is 7. The molecule has 3 heterocycles. The van der Waals surface area contributed by atoms with E-state index in [4.69, 9.17) is 16.3 Å². The van der Waals surface area contributed by atoms with Gasteiger partial charge in [0.1, 0.15) is 48.9 Å². The molecule has 0 saturated heterocycles. The van der Waals surface area contributed by atoms with E-state index in [0.717, 1.165) is 0 Å². The van der Waals surface area contributed by atoms with E-state index >= 15 is 4.39 Å². The first-order chi connectivity index (χ1) is 22.5. The number of aryl methyl sites for hydroxylation is 1. The quantitative estimate of drug-likeness (QED) is 0.239. The second-order valence-corrected chi connectivity index (χ2v) is 14.4. The van der Waals surface area contributed by atoms with Crippen LogP contribution in [0.25, 0.3) is 0 Å². The molecule has 1 saturated carbocycles. The fourth-order valence-electron chi connectivity index (χ4n) is 7.55. The molecule has 2 aliphatic rings. The Morgan fingerprint density at radius 2 is 1.79 bits per heavy atom. The lowest BCUT2D eigenvalue weighted by Gasteiger charge is -2.51. The number of rotatable bonds is 10. The highest BCUT2D eigenvalue weighted by Crippen LogP contribution is 2.61. The number of nitrogens with zero attached hydrogens (tertiary/aromatic N) is 5. The van der Waals surface area contributed by atoms with Gasteiger partial charge in [-0.1, -0.05) is 30.7 Å². The summed E-state index contributed by atoms with van der Waals surface area (Å²) in [7, 11) is 8.97. The lowest BCUT2D eigenvalue weighted by atomic mass is 9.43. The third kappa shape index (κ3) is 5.19. The second-order valence-electron chi connectivity index (χ2n) is 14.0. The van der Waals surface area contributed by atoms with Crippen LogP contribution in [0.1, 0.15) is 70.2 Å². The van der Waals surface area contributed by atoms with Crippen molar-refractivity contribution in [2.45, 2.75) is 54.9 Å². The number of pyridine rings is 1. The van der Waals surface area contributed by atoms with Crippen molar-refractivity contribution in [1.29, 1.82) is 5.26 Å². The normalized spacial score (nSPS) is 19.9. The summed E-state index contributed by atoms with van der Waals surface area (Å²) in [4.78, 5) is 25.0. The van der Waals surface area contributed by atoms with Crippen molar-refractivity contribution in [2.24, 2.45) is 12.5 Å². The molecule has 4 aromatic rings. The number of fused-ring (bicyclic) bond motifs is 1. The molecule has 0 bridgehead atoms. The summed E-state index contributed by atoms with van der Waals surface area (Å²) in [6.45, 7) is 1.65. The van der Waals surface area contributed by atoms with Gasteiger partial charge in [-0.25, -0.2) is 9.37 Å². The zero-order chi connectivity index (χ0) is 34.9. The molecule has 242 valence electrons. The molecule has 2 aromatic carbocycles. The lowest BCUT2D eigenvalue weighted by Crippen LogP contribution is -2.62. The van der Waals surface area contributed by atoms with E-state index in [1.807, 2.05) is 15.7 Å². The second kappa shape index (κ2) is 11.6. The van der Waals surface area contributed by atoms with Crippen molar-refractivity contribution < 1.29 is 24.1 Å². The fraction of sp³-hybridized carbons (Fsp3) is 0.333. The van der Waals surface area contributed by atoms with Gasteiger partial charge < -0.3 is 19.5 Å². The molecule has 1 unspecified atom stereocenters. The van der Waals surface area contributed by atoms with Crippen LogP contribution in [-0.2, 0) is 29.7 Å². The van der Waals surface area contributed by atoms with E-state index < -0.39 is 39.3 Å². The van der Waals surface area contributed by atoms with Crippen molar-refractivity contribution in [3.8, 4) is 6.07 Å². The van der Waals surface area contributed by atoms with E-state index in [9.17, 15) is 20.3 Å². The van der Waals surface area contributed by atoms with Crippen LogP contribution in [0.4, 0.5) is 4.39 Å². The average Bonchev–Trinajstić information content (AvgIpc) is 3.73. The number of amides is 1. The number of benzene rings is 2. The van der Waals surface area contributed by atoms with Crippen molar-refractivity contribution in [2.75, 3.05) is 0 Å². The zero-order valence-electron chi connectivity index (χ0n) is 27.9. The maximum Gasteiger partial charge on any atom is 0.257 e. The number of ether oxygens (including phenoxy) is 1. The summed E-state index contributed by atoms with van der Waals surface area (Å²) in [5.41, 5.74) is -2.54. The van der Waals surface area contributed by atoms with Gasteiger partial charge in [0.25, 0.3) is 5.91 Å². The van der Waals surface area contributed by atoms with Crippen LogP contribution in [0, 0.1) is 22.6 Å². The molecular formula is C33H35B4ClFN5O4. The molecular weight excluding hydrogens is 628 g/mol. The first-order valence-electron chi connectivity index (χ1n) is 15.9. The standard InChI is InChI=1S/C33H35B4ClFN5O4/c1-3-30(46,26-17-43(2)18-42-26)21-12-24-27(25(39)13-21)31(20-5-7-22(38)8-6-20,48-33(36,37)29(10-11-29)32(34,35)47)44(28(24)45)16-23-9-4-19(14-40)15-41-23/h4-9,12-13,15,17-18,46-47H,3,10-11,16,34-37H2,1-2H3/t30?,31-/m1/s1. The molecule has 2 N–H and O–H groups in total. The Labute approximate surface area is 287 Å². The topological polar surface area (TPSA) is 124 Å². The monoisotopic (exact) mass is 663 g/mol. The van der Waals surface area contributed by atoms with Gasteiger partial charge in [-0.15, -0.1) is 0 Å². The number of hydrogen-bond donors (Lipinski definition) is 2. The molecule has 1 amide bonds. The molecule has 15 heteroatoms. The predicted octanol–water partition coefficient (Wildman–Crippen LogP) is 0.611. The Hall–Kier alpha value is -3.88. The molecule has 6 rings (SSSR count). The Morgan fingerprint density at radius 3 is 2.31 bits per heavy atom. The minimum atomic E-state index is -1.85. The SMILES string of the molecule is BC(B)(O)C1(C(B)(B)O[C@]2(c3ccc(Cl)cc3)c3c(F)cc(C(O)(CC)c4cn(C)cn4)cc3C(=O)N2Cc2ccc(C#N)cn2)CC1. The van der Waals surface area contributed by atoms with Crippen LogP contribution in [0.15, 0.2) is 67.3 Å². The average molecular weight is 663 g/mol. The zero-order valence-corrected chi connectivity index (χ0v) is 28.6. The summed E-state index contributed by atoms with van der Waals surface area (Å²) in [5.74, 6) is -1.30. The molecule has 2 aromatic heterocycles. The molecule has 0 spiro atoms. The highest BCUT2D eigenvalue weighted by Gasteiger charge is 2.66. The molecule has 0 radical (unpaired) electrons. The first kappa shape index (κ1) is 34.0. The smallest absolute Gasteiger partial charge is 0.257 e. The molecule has 1 aliphatic heterocycles. The number of carbonyl (C=O) groups excluding carboxylic acids is 1. The van der Waals surface area contributed by atoms with Crippen LogP contribution in [0.2, 0.25) is 5.02 Å². The Balaban J connectivity index is 1.63. The molecule has 1 aliphatic carbocycles. The Kier molecular flexibility index (Phi) is 8.23. The summed E-state index contributed by atoms with van der Waals surface area (Å²) in [5, 5.41) is 30.9. The van der Waals surface area contributed by atoms with E-state index in [0.29, 0.717) is 40.4 Å². The largest absolute Gasteiger partial charge is 0.407 e. The van der Waals surface area contributed by atoms with Crippen LogP contribution in [0.5, 0.6) is 0 Å². The summed E-state index contributed by atoms with van der Waals surface area (Å²) in [6.07, 6.45) is 6.11. The fourth-order valence-corrected chi connectivity index (χ4v) is 7.68.